The van der Waals surface area contributed by atoms with E-state index >= 15 is 0 Å². The number of benzene rings is 2. The summed E-state index contributed by atoms with van der Waals surface area (Å²) in [5.41, 5.74) is 0.523. The summed E-state index contributed by atoms with van der Waals surface area (Å²) in [4.78, 5) is 11.2. The highest BCUT2D eigenvalue weighted by Crippen LogP contribution is 2.29. The van der Waals surface area contributed by atoms with Gasteiger partial charge in [0.25, 0.3) is 0 Å². The first-order valence-corrected chi connectivity index (χ1v) is 9.34. The van der Waals surface area contributed by atoms with Crippen LogP contribution in [0.4, 0.5) is 8.78 Å². The largest absolute Gasteiger partial charge is 0.598 e. The second kappa shape index (κ2) is 8.69. The van der Waals surface area contributed by atoms with Crippen LogP contribution in [0, 0.1) is 11.6 Å². The van der Waals surface area contributed by atoms with Gasteiger partial charge in [0.1, 0.15) is 16.3 Å². The molecule has 27 heavy (non-hydrogen) atoms. The molecule has 0 aliphatic rings. The highest BCUT2D eigenvalue weighted by Gasteiger charge is 2.31. The van der Waals surface area contributed by atoms with E-state index in [9.17, 15) is 23.2 Å². The molecule has 0 fully saturated rings. The number of aliphatic carboxylic acids is 1. The summed E-state index contributed by atoms with van der Waals surface area (Å²) < 4.78 is 46.8. The molecule has 0 spiro atoms. The van der Waals surface area contributed by atoms with E-state index in [2.05, 4.69) is 4.72 Å². The van der Waals surface area contributed by atoms with Crippen molar-refractivity contribution in [1.29, 1.82) is 0 Å². The van der Waals surface area contributed by atoms with E-state index in [1.807, 2.05) is 0 Å². The zero-order valence-electron chi connectivity index (χ0n) is 15.2. The highest BCUT2D eigenvalue weighted by molar-refractivity contribution is 7.90. The molecule has 2 atom stereocenters. The maximum absolute atomic E-state index is 13.8. The van der Waals surface area contributed by atoms with Gasteiger partial charge in [-0.1, -0.05) is 12.1 Å². The molecule has 1 unspecified atom stereocenters. The first-order chi connectivity index (χ1) is 12.6. The average Bonchev–Trinajstić information content (AvgIpc) is 2.56. The van der Waals surface area contributed by atoms with Gasteiger partial charge in [0.15, 0.2) is 11.6 Å². The predicted molar refractivity (Wildman–Crippen MR) is 98.9 cm³/mol. The summed E-state index contributed by atoms with van der Waals surface area (Å²) in [6, 6.07) is 8.58. The van der Waals surface area contributed by atoms with Crippen LogP contribution in [0.25, 0.3) is 0 Å². The lowest BCUT2D eigenvalue weighted by atomic mass is 10.0. The third-order valence-electron chi connectivity index (χ3n) is 3.57. The lowest BCUT2D eigenvalue weighted by Crippen LogP contribution is -2.41. The van der Waals surface area contributed by atoms with Gasteiger partial charge in [-0.2, -0.15) is 0 Å². The van der Waals surface area contributed by atoms with Crippen molar-refractivity contribution < 1.29 is 28.0 Å². The molecule has 2 rings (SSSR count). The standard InChI is InChI=1S/C19H21F2NO4S/c1-19(2,3)27(25)22-16(11-18(23)24)12-5-4-6-14(9-12)26-17-8-7-13(20)10-15(17)21/h4-10,16,22H,11H2,1-3H3,(H,23,24)/t16?,27-/m1/s1. The quantitative estimate of drug-likeness (QED) is 0.680. The second-order valence-electron chi connectivity index (χ2n) is 6.90. The van der Waals surface area contributed by atoms with Gasteiger partial charge >= 0.3 is 5.97 Å². The summed E-state index contributed by atoms with van der Waals surface area (Å²) in [6.45, 7) is 5.31. The van der Waals surface area contributed by atoms with Gasteiger partial charge in [-0.15, -0.1) is 4.72 Å². The summed E-state index contributed by atoms with van der Waals surface area (Å²) in [7, 11) is 0. The molecular formula is C19H21F2NO4S. The number of hydrogen-bond acceptors (Lipinski definition) is 4. The smallest absolute Gasteiger partial charge is 0.305 e. The summed E-state index contributed by atoms with van der Waals surface area (Å²) in [6.07, 6.45) is -0.295. The Morgan fingerprint density at radius 3 is 2.56 bits per heavy atom. The number of ether oxygens (including phenoxy) is 1. The van der Waals surface area contributed by atoms with E-state index in [1.54, 1.807) is 39.0 Å². The van der Waals surface area contributed by atoms with E-state index in [0.29, 0.717) is 11.6 Å². The van der Waals surface area contributed by atoms with Gasteiger partial charge < -0.3 is 14.4 Å². The maximum atomic E-state index is 13.8. The van der Waals surface area contributed by atoms with Crippen LogP contribution in [-0.2, 0) is 16.2 Å². The molecule has 5 nitrogen and oxygen atoms in total. The molecule has 0 amide bonds. The van der Waals surface area contributed by atoms with Crippen molar-refractivity contribution in [2.75, 3.05) is 0 Å². The Labute approximate surface area is 159 Å². The van der Waals surface area contributed by atoms with Crippen molar-refractivity contribution in [2.24, 2.45) is 0 Å². The Kier molecular flexibility index (Phi) is 6.80. The maximum Gasteiger partial charge on any atom is 0.305 e. The molecule has 2 aromatic rings. The summed E-state index contributed by atoms with van der Waals surface area (Å²) in [5, 5.41) is 9.17. The minimum Gasteiger partial charge on any atom is -0.598 e. The van der Waals surface area contributed by atoms with Crippen LogP contribution < -0.4 is 9.46 Å². The molecule has 0 aliphatic carbocycles. The number of carbonyl (C=O) groups is 1. The topological polar surface area (TPSA) is 81.6 Å². The number of rotatable bonds is 7. The molecule has 0 heterocycles. The van der Waals surface area contributed by atoms with Crippen molar-refractivity contribution in [3.63, 3.8) is 0 Å². The molecule has 0 aromatic heterocycles. The number of hydrogen-bond donors (Lipinski definition) is 2. The fourth-order valence-corrected chi connectivity index (χ4v) is 3.02. The molecule has 0 saturated heterocycles. The van der Waals surface area contributed by atoms with Gasteiger partial charge in [0, 0.05) is 17.4 Å². The molecule has 0 radical (unpaired) electrons. The Balaban J connectivity index is 2.26. The number of carboxylic acids is 1. The first kappa shape index (κ1) is 21.1. The molecule has 146 valence electrons. The first-order valence-electron chi connectivity index (χ1n) is 8.19. The highest BCUT2D eigenvalue weighted by atomic mass is 32.2. The van der Waals surface area contributed by atoms with Crippen molar-refractivity contribution in [3.8, 4) is 11.5 Å². The number of carboxylic acid groups (broad SMARTS) is 1. The van der Waals surface area contributed by atoms with Crippen LogP contribution in [-0.4, -0.2) is 20.4 Å². The van der Waals surface area contributed by atoms with Crippen molar-refractivity contribution in [3.05, 3.63) is 59.7 Å². The van der Waals surface area contributed by atoms with E-state index < -0.39 is 39.8 Å². The average molecular weight is 397 g/mol. The van der Waals surface area contributed by atoms with Crippen LogP contribution in [0.3, 0.4) is 0 Å². The number of halogens is 2. The summed E-state index contributed by atoms with van der Waals surface area (Å²) in [5.74, 6) is -2.54. The van der Waals surface area contributed by atoms with Crippen molar-refractivity contribution >= 4 is 17.3 Å². The second-order valence-corrected chi connectivity index (χ2v) is 8.90. The van der Waals surface area contributed by atoms with Gasteiger partial charge in [-0.05, 0) is 50.6 Å². The van der Waals surface area contributed by atoms with Gasteiger partial charge in [-0.25, -0.2) is 8.78 Å². The van der Waals surface area contributed by atoms with Crippen LogP contribution in [0.5, 0.6) is 11.5 Å². The molecule has 2 aromatic carbocycles. The normalized spacial score (nSPS) is 13.9. The third-order valence-corrected chi connectivity index (χ3v) is 5.18. The zero-order valence-corrected chi connectivity index (χ0v) is 16.0. The Bertz CT molecular complexity index is 811. The van der Waals surface area contributed by atoms with Crippen LogP contribution in [0.1, 0.15) is 38.8 Å². The monoisotopic (exact) mass is 397 g/mol. The molecule has 0 saturated carbocycles. The molecule has 2 N–H and O–H groups in total. The minimum atomic E-state index is -1.49. The van der Waals surface area contributed by atoms with Crippen molar-refractivity contribution in [1.82, 2.24) is 4.72 Å². The van der Waals surface area contributed by atoms with E-state index in [-0.39, 0.29) is 17.9 Å². The minimum absolute atomic E-state index is 0.158. The fourth-order valence-electron chi connectivity index (χ4n) is 2.19. The SMILES string of the molecule is CC(C)(C)[S@@+]([O-])NC(CC(=O)O)c1cccc(Oc2ccc(F)cc2F)c1. The van der Waals surface area contributed by atoms with Crippen LogP contribution in [0.2, 0.25) is 0 Å². The Hall–Kier alpha value is -2.16. The number of nitrogens with one attached hydrogen (secondary N) is 1. The fraction of sp³-hybridized carbons (Fsp3) is 0.316. The van der Waals surface area contributed by atoms with E-state index in [4.69, 9.17) is 4.74 Å². The zero-order chi connectivity index (χ0) is 20.2. The molecule has 8 heteroatoms. The predicted octanol–water partition coefficient (Wildman–Crippen LogP) is 4.32. The van der Waals surface area contributed by atoms with Crippen LogP contribution >= 0.6 is 0 Å². The lowest BCUT2D eigenvalue weighted by Gasteiger charge is -2.27. The van der Waals surface area contributed by atoms with E-state index in [1.165, 1.54) is 12.1 Å². The Morgan fingerprint density at radius 2 is 1.96 bits per heavy atom. The van der Waals surface area contributed by atoms with Gasteiger partial charge in [0.2, 0.25) is 0 Å². The van der Waals surface area contributed by atoms with Gasteiger partial charge in [-0.3, -0.25) is 4.79 Å². The summed E-state index contributed by atoms with van der Waals surface area (Å²) >= 11 is -1.49. The van der Waals surface area contributed by atoms with Crippen LogP contribution in [0.15, 0.2) is 42.5 Å². The molecule has 0 bridgehead atoms. The van der Waals surface area contributed by atoms with Crippen molar-refractivity contribution in [2.45, 2.75) is 38.0 Å². The molecular weight excluding hydrogens is 376 g/mol. The lowest BCUT2D eigenvalue weighted by molar-refractivity contribution is -0.137. The molecule has 0 aliphatic heterocycles. The van der Waals surface area contributed by atoms with Gasteiger partial charge in [0.05, 0.1) is 12.5 Å². The Morgan fingerprint density at radius 1 is 1.26 bits per heavy atom. The third kappa shape index (κ3) is 6.20. The van der Waals surface area contributed by atoms with E-state index in [0.717, 1.165) is 6.07 Å².